The van der Waals surface area contributed by atoms with Crippen LogP contribution in [0.15, 0.2) is 18.2 Å². The van der Waals surface area contributed by atoms with E-state index >= 15 is 0 Å². The molecule has 4 nitrogen and oxygen atoms in total. The van der Waals surface area contributed by atoms with Crippen molar-refractivity contribution < 1.29 is 9.59 Å². The van der Waals surface area contributed by atoms with E-state index in [4.69, 9.17) is 11.5 Å². The molecule has 4 N–H and O–H groups in total. The summed E-state index contributed by atoms with van der Waals surface area (Å²) in [4.78, 5) is 22.9. The van der Waals surface area contributed by atoms with E-state index in [1.165, 1.54) is 6.42 Å². The van der Waals surface area contributed by atoms with E-state index in [1.54, 1.807) is 18.2 Å². The van der Waals surface area contributed by atoms with Crippen molar-refractivity contribution in [2.24, 2.45) is 17.4 Å². The van der Waals surface area contributed by atoms with Crippen LogP contribution in [0.3, 0.4) is 0 Å². The zero-order valence-electron chi connectivity index (χ0n) is 11.2. The average molecular weight is 260 g/mol. The Morgan fingerprint density at radius 3 is 2.37 bits per heavy atom. The molecule has 0 heterocycles. The maximum atomic E-state index is 11.6. The summed E-state index contributed by atoms with van der Waals surface area (Å²) in [5.74, 6) is -0.130. The molecule has 1 aliphatic rings. The van der Waals surface area contributed by atoms with E-state index in [-0.39, 0.29) is 5.92 Å². The van der Waals surface area contributed by atoms with Gasteiger partial charge in [0.2, 0.25) is 11.8 Å². The van der Waals surface area contributed by atoms with E-state index in [2.05, 4.69) is 6.92 Å². The Balaban J connectivity index is 2.47. The lowest BCUT2D eigenvalue weighted by Gasteiger charge is -2.30. The van der Waals surface area contributed by atoms with Crippen molar-refractivity contribution in [3.8, 4) is 0 Å². The summed E-state index contributed by atoms with van der Waals surface area (Å²) >= 11 is 0. The third kappa shape index (κ3) is 2.78. The maximum absolute atomic E-state index is 11.6. The first-order valence-electron chi connectivity index (χ1n) is 6.74. The number of benzene rings is 1. The Morgan fingerprint density at radius 2 is 1.79 bits per heavy atom. The molecule has 2 unspecified atom stereocenters. The maximum Gasteiger partial charge on any atom is 0.248 e. The van der Waals surface area contributed by atoms with Gasteiger partial charge in [-0.05, 0) is 42.0 Å². The number of hydrogen-bond donors (Lipinski definition) is 2. The van der Waals surface area contributed by atoms with Gasteiger partial charge in [0, 0.05) is 11.1 Å². The topological polar surface area (TPSA) is 86.2 Å². The monoisotopic (exact) mass is 260 g/mol. The highest BCUT2D eigenvalue weighted by molar-refractivity contribution is 5.98. The van der Waals surface area contributed by atoms with Crippen molar-refractivity contribution in [2.45, 2.75) is 38.5 Å². The number of primary amides is 2. The minimum atomic E-state index is -0.472. The van der Waals surface area contributed by atoms with E-state index in [9.17, 15) is 9.59 Å². The van der Waals surface area contributed by atoms with E-state index in [0.717, 1.165) is 24.8 Å². The van der Waals surface area contributed by atoms with Crippen LogP contribution in [-0.4, -0.2) is 11.8 Å². The second kappa shape index (κ2) is 5.43. The Hall–Kier alpha value is -1.84. The van der Waals surface area contributed by atoms with Gasteiger partial charge in [-0.25, -0.2) is 0 Å². The fourth-order valence-electron chi connectivity index (χ4n) is 3.03. The summed E-state index contributed by atoms with van der Waals surface area (Å²) < 4.78 is 0. The van der Waals surface area contributed by atoms with Crippen LogP contribution >= 0.6 is 0 Å². The molecule has 2 atom stereocenters. The number of nitrogens with two attached hydrogens (primary N) is 2. The summed E-state index contributed by atoms with van der Waals surface area (Å²) in [7, 11) is 0. The zero-order chi connectivity index (χ0) is 14.0. The van der Waals surface area contributed by atoms with Gasteiger partial charge in [-0.3, -0.25) is 9.59 Å². The number of rotatable bonds is 3. The molecule has 1 saturated carbocycles. The fraction of sp³-hybridized carbons (Fsp3) is 0.467. The summed E-state index contributed by atoms with van der Waals surface area (Å²) in [5, 5.41) is 0. The van der Waals surface area contributed by atoms with Crippen molar-refractivity contribution in [3.05, 3.63) is 34.9 Å². The highest BCUT2D eigenvalue weighted by atomic mass is 16.1. The molecule has 0 radical (unpaired) electrons. The number of carbonyl (C=O) groups is 2. The van der Waals surface area contributed by atoms with Crippen molar-refractivity contribution >= 4 is 11.8 Å². The number of amides is 2. The van der Waals surface area contributed by atoms with Crippen LogP contribution in [-0.2, 0) is 0 Å². The van der Waals surface area contributed by atoms with Crippen molar-refractivity contribution in [2.75, 3.05) is 0 Å². The molecule has 0 aliphatic heterocycles. The third-order valence-corrected chi connectivity index (χ3v) is 4.11. The van der Waals surface area contributed by atoms with Gasteiger partial charge in [0.25, 0.3) is 0 Å². The van der Waals surface area contributed by atoms with Gasteiger partial charge in [0.15, 0.2) is 0 Å². The van der Waals surface area contributed by atoms with E-state index < -0.39 is 11.8 Å². The average Bonchev–Trinajstić information content (AvgIpc) is 2.38. The Labute approximate surface area is 113 Å². The van der Waals surface area contributed by atoms with Crippen LogP contribution in [0.4, 0.5) is 0 Å². The van der Waals surface area contributed by atoms with E-state index in [0.29, 0.717) is 17.0 Å². The molecule has 19 heavy (non-hydrogen) atoms. The Kier molecular flexibility index (Phi) is 3.88. The molecule has 2 amide bonds. The van der Waals surface area contributed by atoms with Crippen LogP contribution < -0.4 is 11.5 Å². The van der Waals surface area contributed by atoms with Gasteiger partial charge < -0.3 is 11.5 Å². The normalized spacial score (nSPS) is 23.0. The predicted molar refractivity (Wildman–Crippen MR) is 73.9 cm³/mol. The molecular weight excluding hydrogens is 240 g/mol. The SMILES string of the molecule is CC1CCCCC1c1cc(C(N)=O)ccc1C(N)=O. The highest BCUT2D eigenvalue weighted by Gasteiger charge is 2.26. The first kappa shape index (κ1) is 13.6. The predicted octanol–water partition coefficient (Wildman–Crippen LogP) is 2.18. The molecule has 0 spiro atoms. The molecule has 1 aromatic rings. The minimum Gasteiger partial charge on any atom is -0.366 e. The molecule has 1 aliphatic carbocycles. The molecule has 2 rings (SSSR count). The number of hydrogen-bond acceptors (Lipinski definition) is 2. The van der Waals surface area contributed by atoms with Gasteiger partial charge in [0.1, 0.15) is 0 Å². The van der Waals surface area contributed by atoms with Crippen LogP contribution in [0.25, 0.3) is 0 Å². The summed E-state index contributed by atoms with van der Waals surface area (Å²) in [6.07, 6.45) is 4.54. The van der Waals surface area contributed by atoms with Crippen molar-refractivity contribution in [1.29, 1.82) is 0 Å². The van der Waals surface area contributed by atoms with Gasteiger partial charge in [0.05, 0.1) is 0 Å². The molecule has 4 heteroatoms. The first-order valence-corrected chi connectivity index (χ1v) is 6.74. The van der Waals surface area contributed by atoms with Gasteiger partial charge in [-0.15, -0.1) is 0 Å². The first-order chi connectivity index (χ1) is 9.00. The van der Waals surface area contributed by atoms with Crippen molar-refractivity contribution in [3.63, 3.8) is 0 Å². The molecule has 1 fully saturated rings. The smallest absolute Gasteiger partial charge is 0.248 e. The van der Waals surface area contributed by atoms with Crippen LogP contribution in [0.1, 0.15) is 64.8 Å². The second-order valence-electron chi connectivity index (χ2n) is 5.40. The molecule has 1 aromatic carbocycles. The van der Waals surface area contributed by atoms with Crippen molar-refractivity contribution in [1.82, 2.24) is 0 Å². The van der Waals surface area contributed by atoms with E-state index in [1.807, 2.05) is 0 Å². The molecular formula is C15H20N2O2. The lowest BCUT2D eigenvalue weighted by Crippen LogP contribution is -2.22. The third-order valence-electron chi connectivity index (χ3n) is 4.11. The van der Waals surface area contributed by atoms with Gasteiger partial charge in [-0.2, -0.15) is 0 Å². The fourth-order valence-corrected chi connectivity index (χ4v) is 3.03. The minimum absolute atomic E-state index is 0.288. The van der Waals surface area contributed by atoms with Gasteiger partial charge in [-0.1, -0.05) is 26.2 Å². The molecule has 0 bridgehead atoms. The molecule has 0 saturated heterocycles. The Morgan fingerprint density at radius 1 is 1.11 bits per heavy atom. The summed E-state index contributed by atoms with van der Waals surface area (Å²) in [5.41, 5.74) is 12.6. The van der Waals surface area contributed by atoms with Crippen LogP contribution in [0.2, 0.25) is 0 Å². The van der Waals surface area contributed by atoms with Crippen LogP contribution in [0, 0.1) is 5.92 Å². The largest absolute Gasteiger partial charge is 0.366 e. The highest BCUT2D eigenvalue weighted by Crippen LogP contribution is 2.39. The van der Waals surface area contributed by atoms with Crippen LogP contribution in [0.5, 0.6) is 0 Å². The zero-order valence-corrected chi connectivity index (χ0v) is 11.2. The molecule has 102 valence electrons. The molecule has 0 aromatic heterocycles. The standard InChI is InChI=1S/C15H20N2O2/c1-9-4-2-3-5-11(9)13-8-10(14(16)18)6-7-12(13)15(17)19/h6-9,11H,2-5H2,1H3,(H2,16,18)(H2,17,19). The number of carbonyl (C=O) groups excluding carboxylic acids is 2. The summed E-state index contributed by atoms with van der Waals surface area (Å²) in [6.45, 7) is 2.19. The second-order valence-corrected chi connectivity index (χ2v) is 5.40. The quantitative estimate of drug-likeness (QED) is 0.872. The van der Waals surface area contributed by atoms with Gasteiger partial charge >= 0.3 is 0 Å². The summed E-state index contributed by atoms with van der Waals surface area (Å²) in [6, 6.07) is 4.94. The lowest BCUT2D eigenvalue weighted by molar-refractivity contribution is 0.0986. The Bertz CT molecular complexity index is 511. The lowest BCUT2D eigenvalue weighted by atomic mass is 9.74.